The molecule has 3 rings (SSSR count). The van der Waals surface area contributed by atoms with Gasteiger partial charge in [-0.05, 0) is 54.0 Å². The van der Waals surface area contributed by atoms with E-state index in [1.807, 2.05) is 30.3 Å². The van der Waals surface area contributed by atoms with Crippen LogP contribution in [-0.4, -0.2) is 14.5 Å². The van der Waals surface area contributed by atoms with Gasteiger partial charge >= 0.3 is 0 Å². The van der Waals surface area contributed by atoms with Crippen molar-refractivity contribution in [3.63, 3.8) is 0 Å². The Hall–Kier alpha value is -1.88. The molecule has 0 atom stereocenters. The number of anilines is 1. The van der Waals surface area contributed by atoms with Crippen LogP contribution in [0.4, 0.5) is 5.69 Å². The van der Waals surface area contributed by atoms with E-state index in [9.17, 15) is 0 Å². The third kappa shape index (κ3) is 1.98. The van der Waals surface area contributed by atoms with Crippen LogP contribution in [0.3, 0.4) is 0 Å². The van der Waals surface area contributed by atoms with Crippen molar-refractivity contribution in [3.05, 3.63) is 41.0 Å². The van der Waals surface area contributed by atoms with Crippen molar-refractivity contribution in [1.29, 1.82) is 0 Å². The fourth-order valence-corrected chi connectivity index (χ4v) is 2.71. The van der Waals surface area contributed by atoms with Gasteiger partial charge in [0.05, 0.1) is 5.69 Å². The zero-order valence-electron chi connectivity index (χ0n) is 11.3. The lowest BCUT2D eigenvalue weighted by atomic mass is 10.1. The zero-order valence-corrected chi connectivity index (χ0v) is 12.9. The van der Waals surface area contributed by atoms with E-state index in [0.717, 1.165) is 27.0 Å². The van der Waals surface area contributed by atoms with Gasteiger partial charge in [-0.2, -0.15) is 0 Å². The van der Waals surface area contributed by atoms with Crippen molar-refractivity contribution in [2.45, 2.75) is 19.9 Å². The lowest BCUT2D eigenvalue weighted by molar-refractivity contribution is 0.620. The van der Waals surface area contributed by atoms with Crippen LogP contribution in [0, 0.1) is 0 Å². The van der Waals surface area contributed by atoms with E-state index in [-0.39, 0.29) is 6.04 Å². The molecule has 0 fully saturated rings. The minimum absolute atomic E-state index is 0.253. The predicted molar refractivity (Wildman–Crippen MR) is 85.5 cm³/mol. The number of para-hydroxylation sites is 1. The standard InChI is InChI=1S/C15H15BrN4/c1-9(2)20-14(10-5-3-6-11(16)13(10)17)19-12-7-4-8-18-15(12)20/h3-9H,17H2,1-2H3. The number of nitrogens with zero attached hydrogens (tertiary/aromatic N) is 3. The van der Waals surface area contributed by atoms with Crippen molar-refractivity contribution in [2.24, 2.45) is 0 Å². The number of fused-ring (bicyclic) bond motifs is 1. The third-order valence-electron chi connectivity index (χ3n) is 3.26. The summed E-state index contributed by atoms with van der Waals surface area (Å²) in [6.07, 6.45) is 1.79. The van der Waals surface area contributed by atoms with Gasteiger partial charge in [-0.25, -0.2) is 9.97 Å². The van der Waals surface area contributed by atoms with E-state index in [1.165, 1.54) is 0 Å². The Morgan fingerprint density at radius 2 is 2.00 bits per heavy atom. The average Bonchev–Trinajstić information content (AvgIpc) is 2.81. The van der Waals surface area contributed by atoms with Crippen molar-refractivity contribution < 1.29 is 0 Å². The highest BCUT2D eigenvalue weighted by Gasteiger charge is 2.18. The van der Waals surface area contributed by atoms with Gasteiger partial charge in [0, 0.05) is 22.3 Å². The summed E-state index contributed by atoms with van der Waals surface area (Å²) in [6, 6.07) is 10.0. The Morgan fingerprint density at radius 1 is 1.20 bits per heavy atom. The molecule has 2 heterocycles. The largest absolute Gasteiger partial charge is 0.397 e. The fourth-order valence-electron chi connectivity index (χ4n) is 2.34. The maximum Gasteiger partial charge on any atom is 0.160 e. The van der Waals surface area contributed by atoms with E-state index >= 15 is 0 Å². The van der Waals surface area contributed by atoms with Gasteiger partial charge in [0.15, 0.2) is 5.65 Å². The molecule has 0 aliphatic heterocycles. The van der Waals surface area contributed by atoms with E-state index < -0.39 is 0 Å². The van der Waals surface area contributed by atoms with Crippen LogP contribution in [0.5, 0.6) is 0 Å². The molecule has 0 amide bonds. The number of benzene rings is 1. The second-order valence-corrected chi connectivity index (χ2v) is 5.80. The van der Waals surface area contributed by atoms with Crippen LogP contribution in [-0.2, 0) is 0 Å². The number of imidazole rings is 1. The summed E-state index contributed by atoms with van der Waals surface area (Å²) >= 11 is 3.47. The topological polar surface area (TPSA) is 56.7 Å². The summed E-state index contributed by atoms with van der Waals surface area (Å²) in [5, 5.41) is 0. The number of aromatic nitrogens is 3. The maximum absolute atomic E-state index is 6.18. The second kappa shape index (κ2) is 4.90. The zero-order chi connectivity index (χ0) is 14.3. The summed E-state index contributed by atoms with van der Waals surface area (Å²) in [6.45, 7) is 4.24. The Balaban J connectivity index is 2.36. The van der Waals surface area contributed by atoms with Crippen LogP contribution in [0.25, 0.3) is 22.6 Å². The smallest absolute Gasteiger partial charge is 0.160 e. The average molecular weight is 331 g/mol. The van der Waals surface area contributed by atoms with Crippen LogP contribution < -0.4 is 5.73 Å². The highest BCUT2D eigenvalue weighted by atomic mass is 79.9. The van der Waals surface area contributed by atoms with E-state index in [2.05, 4.69) is 39.3 Å². The lowest BCUT2D eigenvalue weighted by Crippen LogP contribution is -2.05. The molecule has 2 aromatic heterocycles. The second-order valence-electron chi connectivity index (χ2n) is 4.95. The molecule has 4 nitrogen and oxygen atoms in total. The Morgan fingerprint density at radius 3 is 2.75 bits per heavy atom. The van der Waals surface area contributed by atoms with Gasteiger partial charge in [-0.1, -0.05) is 6.07 Å². The first kappa shape index (κ1) is 13.1. The molecular formula is C15H15BrN4. The quantitative estimate of drug-likeness (QED) is 0.722. The van der Waals surface area contributed by atoms with Crippen LogP contribution in [0.2, 0.25) is 0 Å². The van der Waals surface area contributed by atoms with Crippen molar-refractivity contribution >= 4 is 32.8 Å². The van der Waals surface area contributed by atoms with E-state index in [0.29, 0.717) is 5.69 Å². The summed E-state index contributed by atoms with van der Waals surface area (Å²) < 4.78 is 3.00. The molecule has 3 aromatic rings. The number of rotatable bonds is 2. The first-order chi connectivity index (χ1) is 9.59. The normalized spacial score (nSPS) is 11.4. The van der Waals surface area contributed by atoms with Gasteiger partial charge in [-0.15, -0.1) is 0 Å². The lowest BCUT2D eigenvalue weighted by Gasteiger charge is -2.14. The van der Waals surface area contributed by atoms with Gasteiger partial charge in [0.2, 0.25) is 0 Å². The number of pyridine rings is 1. The van der Waals surface area contributed by atoms with Crippen molar-refractivity contribution in [2.75, 3.05) is 5.73 Å². The molecule has 0 radical (unpaired) electrons. The molecule has 20 heavy (non-hydrogen) atoms. The third-order valence-corrected chi connectivity index (χ3v) is 3.95. The summed E-state index contributed by atoms with van der Waals surface area (Å²) in [7, 11) is 0. The Kier molecular flexibility index (Phi) is 3.22. The van der Waals surface area contributed by atoms with Crippen LogP contribution in [0.1, 0.15) is 19.9 Å². The minimum Gasteiger partial charge on any atom is -0.397 e. The molecule has 0 aliphatic rings. The summed E-state index contributed by atoms with van der Waals surface area (Å²) in [5.74, 6) is 0.854. The van der Waals surface area contributed by atoms with Gasteiger partial charge < -0.3 is 10.3 Å². The Labute approximate surface area is 125 Å². The Bertz CT molecular complexity index is 777. The summed E-state index contributed by atoms with van der Waals surface area (Å²) in [5.41, 5.74) is 9.58. The van der Waals surface area contributed by atoms with Gasteiger partial charge in [0.25, 0.3) is 0 Å². The number of halogens is 1. The molecule has 0 aliphatic carbocycles. The predicted octanol–water partition coefficient (Wildman–Crippen LogP) is 4.02. The van der Waals surface area contributed by atoms with Crippen molar-refractivity contribution in [1.82, 2.24) is 14.5 Å². The minimum atomic E-state index is 0.253. The van der Waals surface area contributed by atoms with Crippen LogP contribution in [0.15, 0.2) is 41.0 Å². The molecule has 5 heteroatoms. The molecule has 0 saturated heterocycles. The molecule has 2 N–H and O–H groups in total. The molecule has 102 valence electrons. The molecular weight excluding hydrogens is 316 g/mol. The van der Waals surface area contributed by atoms with E-state index in [1.54, 1.807) is 6.20 Å². The monoisotopic (exact) mass is 330 g/mol. The molecule has 0 spiro atoms. The number of hydrogen-bond acceptors (Lipinski definition) is 3. The first-order valence-electron chi connectivity index (χ1n) is 6.47. The highest BCUT2D eigenvalue weighted by Crippen LogP contribution is 2.34. The summed E-state index contributed by atoms with van der Waals surface area (Å²) in [4.78, 5) is 9.15. The molecule has 0 saturated carbocycles. The SMILES string of the molecule is CC(C)n1c(-c2cccc(Br)c2N)nc2cccnc21. The number of hydrogen-bond donors (Lipinski definition) is 1. The highest BCUT2D eigenvalue weighted by molar-refractivity contribution is 9.10. The first-order valence-corrected chi connectivity index (χ1v) is 7.26. The van der Waals surface area contributed by atoms with Crippen LogP contribution >= 0.6 is 15.9 Å². The molecule has 0 unspecified atom stereocenters. The van der Waals surface area contributed by atoms with E-state index in [4.69, 9.17) is 10.7 Å². The maximum atomic E-state index is 6.18. The molecule has 0 bridgehead atoms. The molecule has 1 aromatic carbocycles. The number of nitrogen functional groups attached to an aromatic ring is 1. The number of nitrogens with two attached hydrogens (primary N) is 1. The van der Waals surface area contributed by atoms with Gasteiger partial charge in [-0.3, -0.25) is 0 Å². The fraction of sp³-hybridized carbons (Fsp3) is 0.200. The van der Waals surface area contributed by atoms with Gasteiger partial charge in [0.1, 0.15) is 11.3 Å². The van der Waals surface area contributed by atoms with Crippen molar-refractivity contribution in [3.8, 4) is 11.4 Å².